The van der Waals surface area contributed by atoms with E-state index in [0.717, 1.165) is 18.9 Å². The number of rotatable bonds is 6. The van der Waals surface area contributed by atoms with E-state index in [1.807, 2.05) is 0 Å². The maximum atomic E-state index is 5.01. The molecule has 2 rings (SSSR count). The predicted octanol–water partition coefficient (Wildman–Crippen LogP) is 2.27. The first kappa shape index (κ1) is 13.8. The van der Waals surface area contributed by atoms with Crippen LogP contribution in [-0.2, 0) is 0 Å². The van der Waals surface area contributed by atoms with E-state index < -0.39 is 0 Å². The zero-order valence-electron chi connectivity index (χ0n) is 11.7. The molecule has 0 aliphatic heterocycles. The van der Waals surface area contributed by atoms with E-state index in [2.05, 4.69) is 20.3 Å². The van der Waals surface area contributed by atoms with Crippen molar-refractivity contribution in [2.24, 2.45) is 5.92 Å². The van der Waals surface area contributed by atoms with Crippen molar-refractivity contribution in [3.05, 3.63) is 0 Å². The van der Waals surface area contributed by atoms with Crippen LogP contribution in [0.15, 0.2) is 0 Å². The standard InChI is InChI=1S/C13H22N4O2/c1-18-12-15-11(16-13(17-12)19-2)14-9-8-10-6-4-3-5-7-10/h10H,3-9H2,1-2H3,(H,14,15,16,17). The molecule has 1 heterocycles. The lowest BCUT2D eigenvalue weighted by atomic mass is 9.87. The van der Waals surface area contributed by atoms with Crippen molar-refractivity contribution in [1.82, 2.24) is 15.0 Å². The van der Waals surface area contributed by atoms with Gasteiger partial charge in [0.1, 0.15) is 0 Å². The molecule has 0 spiro atoms. The SMILES string of the molecule is COc1nc(NCCC2CCCCC2)nc(OC)n1. The van der Waals surface area contributed by atoms with Gasteiger partial charge in [-0.15, -0.1) is 4.98 Å². The molecule has 1 N–H and O–H groups in total. The molecule has 1 saturated carbocycles. The summed E-state index contributed by atoms with van der Waals surface area (Å²) in [4.78, 5) is 12.3. The Morgan fingerprint density at radius 2 is 1.63 bits per heavy atom. The highest BCUT2D eigenvalue weighted by atomic mass is 16.5. The Morgan fingerprint density at radius 1 is 1.00 bits per heavy atom. The maximum Gasteiger partial charge on any atom is 0.324 e. The summed E-state index contributed by atoms with van der Waals surface area (Å²) in [5.41, 5.74) is 0. The zero-order valence-corrected chi connectivity index (χ0v) is 11.7. The average molecular weight is 266 g/mol. The van der Waals surface area contributed by atoms with Gasteiger partial charge in [-0.05, 0) is 12.3 Å². The highest BCUT2D eigenvalue weighted by Crippen LogP contribution is 2.26. The average Bonchev–Trinajstić information content (AvgIpc) is 2.48. The molecular weight excluding hydrogens is 244 g/mol. The number of ether oxygens (including phenoxy) is 2. The van der Waals surface area contributed by atoms with E-state index in [0.29, 0.717) is 5.95 Å². The van der Waals surface area contributed by atoms with Gasteiger partial charge >= 0.3 is 12.0 Å². The topological polar surface area (TPSA) is 69.2 Å². The molecular formula is C13H22N4O2. The molecule has 0 unspecified atom stereocenters. The van der Waals surface area contributed by atoms with Crippen molar-refractivity contribution < 1.29 is 9.47 Å². The molecule has 0 bridgehead atoms. The number of anilines is 1. The summed E-state index contributed by atoms with van der Waals surface area (Å²) in [6.07, 6.45) is 8.01. The maximum absolute atomic E-state index is 5.01. The number of hydrogen-bond acceptors (Lipinski definition) is 6. The molecule has 0 radical (unpaired) electrons. The number of nitrogens with zero attached hydrogens (tertiary/aromatic N) is 3. The summed E-state index contributed by atoms with van der Waals surface area (Å²) < 4.78 is 10.0. The summed E-state index contributed by atoms with van der Waals surface area (Å²) in [6.45, 7) is 0.876. The first-order chi connectivity index (χ1) is 9.31. The lowest BCUT2D eigenvalue weighted by molar-refractivity contribution is 0.339. The monoisotopic (exact) mass is 266 g/mol. The van der Waals surface area contributed by atoms with E-state index in [1.54, 1.807) is 0 Å². The molecule has 19 heavy (non-hydrogen) atoms. The molecule has 106 valence electrons. The van der Waals surface area contributed by atoms with Gasteiger partial charge in [-0.1, -0.05) is 32.1 Å². The minimum Gasteiger partial charge on any atom is -0.467 e. The molecule has 1 aromatic rings. The van der Waals surface area contributed by atoms with Crippen LogP contribution in [0.25, 0.3) is 0 Å². The van der Waals surface area contributed by atoms with Gasteiger partial charge in [-0.25, -0.2) is 0 Å². The second kappa shape index (κ2) is 7.11. The molecule has 6 nitrogen and oxygen atoms in total. The third-order valence-electron chi connectivity index (χ3n) is 3.52. The van der Waals surface area contributed by atoms with Gasteiger partial charge in [0.25, 0.3) is 0 Å². The van der Waals surface area contributed by atoms with Crippen molar-refractivity contribution in [3.63, 3.8) is 0 Å². The Balaban J connectivity index is 1.84. The van der Waals surface area contributed by atoms with Crippen molar-refractivity contribution in [2.45, 2.75) is 38.5 Å². The van der Waals surface area contributed by atoms with Gasteiger partial charge in [0, 0.05) is 6.54 Å². The molecule has 1 aliphatic rings. The lowest BCUT2D eigenvalue weighted by Gasteiger charge is -2.21. The molecule has 0 atom stereocenters. The van der Waals surface area contributed by atoms with Gasteiger partial charge in [-0.2, -0.15) is 9.97 Å². The van der Waals surface area contributed by atoms with Crippen LogP contribution in [0.4, 0.5) is 5.95 Å². The second-order valence-electron chi connectivity index (χ2n) is 4.85. The first-order valence-electron chi connectivity index (χ1n) is 6.89. The van der Waals surface area contributed by atoms with Gasteiger partial charge in [0.2, 0.25) is 5.95 Å². The summed E-state index contributed by atoms with van der Waals surface area (Å²) in [5, 5.41) is 3.22. The second-order valence-corrected chi connectivity index (χ2v) is 4.85. The lowest BCUT2D eigenvalue weighted by Crippen LogP contribution is -2.14. The summed E-state index contributed by atoms with van der Waals surface area (Å²) in [5.74, 6) is 1.35. The Bertz CT molecular complexity index is 372. The highest BCUT2D eigenvalue weighted by molar-refractivity contribution is 5.27. The van der Waals surface area contributed by atoms with E-state index in [4.69, 9.17) is 9.47 Å². The Hall–Kier alpha value is -1.59. The van der Waals surface area contributed by atoms with E-state index in [1.165, 1.54) is 46.3 Å². The third-order valence-corrected chi connectivity index (χ3v) is 3.52. The minimum absolute atomic E-state index is 0.270. The molecule has 1 aromatic heterocycles. The summed E-state index contributed by atoms with van der Waals surface area (Å²) >= 11 is 0. The van der Waals surface area contributed by atoms with Gasteiger partial charge in [0.15, 0.2) is 0 Å². The quantitative estimate of drug-likeness (QED) is 0.851. The Kier molecular flexibility index (Phi) is 5.18. The molecule has 0 saturated heterocycles. The third kappa shape index (κ3) is 4.22. The van der Waals surface area contributed by atoms with Crippen molar-refractivity contribution in [1.29, 1.82) is 0 Å². The fourth-order valence-corrected chi connectivity index (χ4v) is 2.46. The van der Waals surface area contributed by atoms with Crippen LogP contribution >= 0.6 is 0 Å². The van der Waals surface area contributed by atoms with Crippen LogP contribution < -0.4 is 14.8 Å². The number of aromatic nitrogens is 3. The van der Waals surface area contributed by atoms with Crippen LogP contribution in [0, 0.1) is 5.92 Å². The van der Waals surface area contributed by atoms with Gasteiger partial charge in [0.05, 0.1) is 14.2 Å². The molecule has 1 aliphatic carbocycles. The van der Waals surface area contributed by atoms with Crippen LogP contribution in [0.5, 0.6) is 12.0 Å². The van der Waals surface area contributed by atoms with Crippen molar-refractivity contribution in [3.8, 4) is 12.0 Å². The summed E-state index contributed by atoms with van der Waals surface area (Å²) in [6, 6.07) is 0.541. The van der Waals surface area contributed by atoms with Crippen molar-refractivity contribution in [2.75, 3.05) is 26.1 Å². The molecule has 0 aromatic carbocycles. The van der Waals surface area contributed by atoms with Gasteiger partial charge < -0.3 is 14.8 Å². The molecule has 0 amide bonds. The largest absolute Gasteiger partial charge is 0.467 e. The molecule has 6 heteroatoms. The van der Waals surface area contributed by atoms with Gasteiger partial charge in [-0.3, -0.25) is 0 Å². The van der Waals surface area contributed by atoms with Crippen LogP contribution in [0.2, 0.25) is 0 Å². The van der Waals surface area contributed by atoms with E-state index in [9.17, 15) is 0 Å². The zero-order chi connectivity index (χ0) is 13.5. The Morgan fingerprint density at radius 3 is 2.21 bits per heavy atom. The van der Waals surface area contributed by atoms with Crippen LogP contribution in [0.3, 0.4) is 0 Å². The first-order valence-corrected chi connectivity index (χ1v) is 6.89. The molecule has 1 fully saturated rings. The van der Waals surface area contributed by atoms with E-state index in [-0.39, 0.29) is 12.0 Å². The normalized spacial score (nSPS) is 16.1. The number of methoxy groups -OCH3 is 2. The Labute approximate surface area is 114 Å². The fourth-order valence-electron chi connectivity index (χ4n) is 2.46. The number of nitrogens with one attached hydrogen (secondary N) is 1. The number of hydrogen-bond donors (Lipinski definition) is 1. The predicted molar refractivity (Wildman–Crippen MR) is 72.6 cm³/mol. The summed E-state index contributed by atoms with van der Waals surface area (Å²) in [7, 11) is 3.06. The minimum atomic E-state index is 0.270. The van der Waals surface area contributed by atoms with Crippen LogP contribution in [0.1, 0.15) is 38.5 Å². The smallest absolute Gasteiger partial charge is 0.324 e. The van der Waals surface area contributed by atoms with Crippen molar-refractivity contribution >= 4 is 5.95 Å². The van der Waals surface area contributed by atoms with E-state index >= 15 is 0 Å². The van der Waals surface area contributed by atoms with Crippen LogP contribution in [-0.4, -0.2) is 35.7 Å². The highest BCUT2D eigenvalue weighted by Gasteiger charge is 2.13. The fraction of sp³-hybridized carbons (Fsp3) is 0.769.